The van der Waals surface area contributed by atoms with Crippen LogP contribution in [-0.2, 0) is 4.79 Å². The van der Waals surface area contributed by atoms with Crippen molar-refractivity contribution in [3.8, 4) is 11.5 Å². The SMILES string of the molecule is CN(C(=O)C1COc2ccccc2O1)C1CCCNCC1. The lowest BCUT2D eigenvalue weighted by molar-refractivity contribution is -0.142. The zero-order chi connectivity index (χ0) is 14.7. The van der Waals surface area contributed by atoms with Gasteiger partial charge in [-0.15, -0.1) is 0 Å². The van der Waals surface area contributed by atoms with Crippen LogP contribution in [0.15, 0.2) is 24.3 Å². The lowest BCUT2D eigenvalue weighted by atomic mass is 10.1. The Balaban J connectivity index is 1.65. The van der Waals surface area contributed by atoms with E-state index in [0.29, 0.717) is 11.5 Å². The van der Waals surface area contributed by atoms with E-state index in [-0.39, 0.29) is 18.6 Å². The van der Waals surface area contributed by atoms with Gasteiger partial charge in [0.25, 0.3) is 5.91 Å². The molecule has 2 unspecified atom stereocenters. The fourth-order valence-corrected chi connectivity index (χ4v) is 2.94. The summed E-state index contributed by atoms with van der Waals surface area (Å²) in [5.74, 6) is 1.37. The quantitative estimate of drug-likeness (QED) is 0.895. The highest BCUT2D eigenvalue weighted by molar-refractivity contribution is 5.82. The van der Waals surface area contributed by atoms with Crippen molar-refractivity contribution in [3.63, 3.8) is 0 Å². The summed E-state index contributed by atoms with van der Waals surface area (Å²) in [6, 6.07) is 7.76. The second kappa shape index (κ2) is 6.35. The molecule has 0 aliphatic carbocycles. The van der Waals surface area contributed by atoms with Gasteiger partial charge < -0.3 is 19.7 Å². The molecule has 2 atom stereocenters. The minimum absolute atomic E-state index is 0.0106. The van der Waals surface area contributed by atoms with Gasteiger partial charge in [-0.05, 0) is 44.5 Å². The van der Waals surface area contributed by atoms with Gasteiger partial charge in [0.1, 0.15) is 6.61 Å². The number of likely N-dealkylation sites (N-methyl/N-ethyl adjacent to an activating group) is 1. The number of ether oxygens (including phenoxy) is 2. The number of hydrogen-bond acceptors (Lipinski definition) is 4. The van der Waals surface area contributed by atoms with Gasteiger partial charge in [-0.2, -0.15) is 0 Å². The molecule has 2 aliphatic rings. The van der Waals surface area contributed by atoms with Crippen LogP contribution in [-0.4, -0.2) is 49.7 Å². The molecule has 2 heterocycles. The number of benzene rings is 1. The van der Waals surface area contributed by atoms with Crippen LogP contribution in [0.1, 0.15) is 19.3 Å². The highest BCUT2D eigenvalue weighted by Crippen LogP contribution is 2.31. The standard InChI is InChI=1S/C16H22N2O3/c1-18(12-5-4-9-17-10-8-12)16(19)15-11-20-13-6-2-3-7-14(13)21-15/h2-3,6-7,12,15,17H,4-5,8-11H2,1H3. The Labute approximate surface area is 125 Å². The van der Waals surface area contributed by atoms with Crippen LogP contribution in [0.5, 0.6) is 11.5 Å². The van der Waals surface area contributed by atoms with Crippen LogP contribution in [0.25, 0.3) is 0 Å². The molecule has 1 saturated heterocycles. The molecular weight excluding hydrogens is 268 g/mol. The van der Waals surface area contributed by atoms with Gasteiger partial charge in [0.15, 0.2) is 11.5 Å². The zero-order valence-corrected chi connectivity index (χ0v) is 12.4. The van der Waals surface area contributed by atoms with E-state index in [2.05, 4.69) is 5.32 Å². The lowest BCUT2D eigenvalue weighted by Gasteiger charge is -2.32. The van der Waals surface area contributed by atoms with Crippen molar-refractivity contribution in [3.05, 3.63) is 24.3 Å². The van der Waals surface area contributed by atoms with E-state index in [4.69, 9.17) is 9.47 Å². The molecule has 114 valence electrons. The molecule has 1 N–H and O–H groups in total. The molecule has 0 bridgehead atoms. The van der Waals surface area contributed by atoms with E-state index in [1.165, 1.54) is 0 Å². The number of hydrogen-bond donors (Lipinski definition) is 1. The number of rotatable bonds is 2. The van der Waals surface area contributed by atoms with E-state index >= 15 is 0 Å². The van der Waals surface area contributed by atoms with E-state index in [1.807, 2.05) is 36.2 Å². The van der Waals surface area contributed by atoms with Gasteiger partial charge in [-0.1, -0.05) is 12.1 Å². The predicted molar refractivity (Wildman–Crippen MR) is 79.6 cm³/mol. The van der Waals surface area contributed by atoms with Crippen LogP contribution in [0.4, 0.5) is 0 Å². The van der Waals surface area contributed by atoms with E-state index in [9.17, 15) is 4.79 Å². The fraction of sp³-hybridized carbons (Fsp3) is 0.562. The second-order valence-corrected chi connectivity index (χ2v) is 5.65. The molecule has 1 aromatic rings. The van der Waals surface area contributed by atoms with Crippen molar-refractivity contribution < 1.29 is 14.3 Å². The van der Waals surface area contributed by atoms with Gasteiger partial charge >= 0.3 is 0 Å². The first-order valence-electron chi connectivity index (χ1n) is 7.61. The minimum Gasteiger partial charge on any atom is -0.485 e. The second-order valence-electron chi connectivity index (χ2n) is 5.65. The highest BCUT2D eigenvalue weighted by atomic mass is 16.6. The van der Waals surface area contributed by atoms with Crippen LogP contribution < -0.4 is 14.8 Å². The molecular formula is C16H22N2O3. The summed E-state index contributed by atoms with van der Waals surface area (Å²) in [6.45, 7) is 2.28. The first-order valence-corrected chi connectivity index (χ1v) is 7.61. The van der Waals surface area contributed by atoms with Crippen LogP contribution >= 0.6 is 0 Å². The van der Waals surface area contributed by atoms with Crippen molar-refractivity contribution in [2.75, 3.05) is 26.7 Å². The van der Waals surface area contributed by atoms with E-state index < -0.39 is 6.10 Å². The lowest BCUT2D eigenvalue weighted by Crippen LogP contribution is -2.48. The van der Waals surface area contributed by atoms with Crippen molar-refractivity contribution >= 4 is 5.91 Å². The predicted octanol–water partition coefficient (Wildman–Crippen LogP) is 1.43. The number of nitrogens with one attached hydrogen (secondary N) is 1. The number of fused-ring (bicyclic) bond motifs is 1. The third kappa shape index (κ3) is 3.13. The number of nitrogens with zero attached hydrogens (tertiary/aromatic N) is 1. The third-order valence-electron chi connectivity index (χ3n) is 4.22. The van der Waals surface area contributed by atoms with Gasteiger partial charge in [0.2, 0.25) is 6.10 Å². The van der Waals surface area contributed by atoms with Crippen LogP contribution in [0.2, 0.25) is 0 Å². The van der Waals surface area contributed by atoms with E-state index in [1.54, 1.807) is 0 Å². The fourth-order valence-electron chi connectivity index (χ4n) is 2.94. The maximum atomic E-state index is 12.6. The summed E-state index contributed by atoms with van der Waals surface area (Å²) in [7, 11) is 1.88. The van der Waals surface area contributed by atoms with Crippen molar-refractivity contribution in [2.45, 2.75) is 31.4 Å². The number of amides is 1. The molecule has 0 aromatic heterocycles. The first kappa shape index (κ1) is 14.2. The zero-order valence-electron chi connectivity index (χ0n) is 12.4. The number of carbonyl (C=O) groups is 1. The summed E-state index contributed by atoms with van der Waals surface area (Å²) < 4.78 is 11.4. The first-order chi connectivity index (χ1) is 10.3. The van der Waals surface area contributed by atoms with Crippen LogP contribution in [0.3, 0.4) is 0 Å². The number of para-hydroxylation sites is 2. The highest BCUT2D eigenvalue weighted by Gasteiger charge is 2.32. The maximum Gasteiger partial charge on any atom is 0.267 e. The molecule has 0 spiro atoms. The Morgan fingerprint density at radius 2 is 2.05 bits per heavy atom. The Morgan fingerprint density at radius 1 is 1.24 bits per heavy atom. The third-order valence-corrected chi connectivity index (χ3v) is 4.22. The molecule has 1 fully saturated rings. The topological polar surface area (TPSA) is 50.8 Å². The minimum atomic E-state index is -0.541. The Morgan fingerprint density at radius 3 is 2.90 bits per heavy atom. The molecule has 1 amide bonds. The summed E-state index contributed by atoms with van der Waals surface area (Å²) >= 11 is 0. The average Bonchev–Trinajstić information content (AvgIpc) is 2.82. The smallest absolute Gasteiger partial charge is 0.267 e. The van der Waals surface area contributed by atoms with Crippen molar-refractivity contribution in [2.24, 2.45) is 0 Å². The Bertz CT molecular complexity index is 498. The molecule has 21 heavy (non-hydrogen) atoms. The molecule has 2 aliphatic heterocycles. The molecule has 0 saturated carbocycles. The normalized spacial score (nSPS) is 25.0. The Hall–Kier alpha value is -1.75. The summed E-state index contributed by atoms with van der Waals surface area (Å²) in [5, 5.41) is 3.37. The molecule has 3 rings (SSSR count). The summed E-state index contributed by atoms with van der Waals surface area (Å²) in [6.07, 6.45) is 2.60. The molecule has 0 radical (unpaired) electrons. The average molecular weight is 290 g/mol. The summed E-state index contributed by atoms with van der Waals surface area (Å²) in [5.41, 5.74) is 0. The van der Waals surface area contributed by atoms with E-state index in [0.717, 1.165) is 32.4 Å². The molecule has 1 aromatic carbocycles. The molecule has 5 heteroatoms. The monoisotopic (exact) mass is 290 g/mol. The van der Waals surface area contributed by atoms with Gasteiger partial charge in [-0.3, -0.25) is 4.79 Å². The summed E-state index contributed by atoms with van der Waals surface area (Å²) in [4.78, 5) is 14.5. The van der Waals surface area contributed by atoms with Crippen molar-refractivity contribution in [1.29, 1.82) is 0 Å². The van der Waals surface area contributed by atoms with Gasteiger partial charge in [-0.25, -0.2) is 0 Å². The van der Waals surface area contributed by atoms with Crippen molar-refractivity contribution in [1.82, 2.24) is 10.2 Å². The maximum absolute atomic E-state index is 12.6. The number of carbonyl (C=O) groups excluding carboxylic acids is 1. The van der Waals surface area contributed by atoms with Gasteiger partial charge in [0, 0.05) is 13.1 Å². The molecule has 5 nitrogen and oxygen atoms in total. The largest absolute Gasteiger partial charge is 0.485 e. The Kier molecular flexibility index (Phi) is 4.29. The van der Waals surface area contributed by atoms with Gasteiger partial charge in [0.05, 0.1) is 0 Å². The van der Waals surface area contributed by atoms with Crippen LogP contribution in [0, 0.1) is 0 Å².